The third kappa shape index (κ3) is 6.68. The molecule has 14 heteroatoms. The molecular weight excluding hydrogens is 558 g/mol. The highest BCUT2D eigenvalue weighted by molar-refractivity contribution is 6.08. The van der Waals surface area contributed by atoms with Crippen molar-refractivity contribution in [3.05, 3.63) is 60.2 Å². The summed E-state index contributed by atoms with van der Waals surface area (Å²) in [5.41, 5.74) is 1.19. The van der Waals surface area contributed by atoms with E-state index in [4.69, 9.17) is 9.47 Å². The number of nitrogens with zero attached hydrogens (tertiary/aromatic N) is 3. The molecule has 0 saturated carbocycles. The standard InChI is InChI=1S/C29H33N7O7/c1-42-24(38)17-22(33-28(41)43-18-19-7-3-2-4-8-19)36-25(39)29(34-27(36)40)12-15-35(16-13-29)23(37)11-14-30-26-31-20-9-5-6-10-21(20)32-26/h2-10,22H,11-18H2,1H3,(H,33,41)(H,34,40)(H2,30,31,32). The number of ether oxygens (including phenoxy) is 2. The summed E-state index contributed by atoms with van der Waals surface area (Å²) in [4.78, 5) is 74.3. The summed E-state index contributed by atoms with van der Waals surface area (Å²) in [6, 6.07) is 15.8. The van der Waals surface area contributed by atoms with E-state index in [-0.39, 0.29) is 44.9 Å². The molecule has 5 rings (SSSR count). The van der Waals surface area contributed by atoms with E-state index in [2.05, 4.69) is 25.9 Å². The number of benzene rings is 2. The van der Waals surface area contributed by atoms with Gasteiger partial charge in [-0.3, -0.25) is 19.7 Å². The number of H-pyrrole nitrogens is 1. The number of rotatable bonds is 10. The molecule has 43 heavy (non-hydrogen) atoms. The molecule has 0 bridgehead atoms. The normalized spacial score (nSPS) is 16.6. The van der Waals surface area contributed by atoms with Gasteiger partial charge in [-0.1, -0.05) is 42.5 Å². The maximum Gasteiger partial charge on any atom is 0.409 e. The number of aromatic nitrogens is 2. The Kier molecular flexibility index (Phi) is 8.74. The van der Waals surface area contributed by atoms with Crippen LogP contribution < -0.4 is 16.0 Å². The van der Waals surface area contributed by atoms with E-state index < -0.39 is 42.1 Å². The number of hydrogen-bond donors (Lipinski definition) is 4. The molecule has 2 aromatic carbocycles. The van der Waals surface area contributed by atoms with Crippen LogP contribution in [0.5, 0.6) is 0 Å². The summed E-state index contributed by atoms with van der Waals surface area (Å²) in [6.45, 7) is 0.819. The summed E-state index contributed by atoms with van der Waals surface area (Å²) < 4.78 is 9.95. The fourth-order valence-electron chi connectivity index (χ4n) is 5.23. The van der Waals surface area contributed by atoms with Crippen molar-refractivity contribution >= 4 is 46.9 Å². The summed E-state index contributed by atoms with van der Waals surface area (Å²) >= 11 is 0. The Morgan fingerprint density at radius 3 is 2.49 bits per heavy atom. The van der Waals surface area contributed by atoms with Crippen LogP contribution in [-0.4, -0.2) is 88.1 Å². The van der Waals surface area contributed by atoms with Gasteiger partial charge in [0.15, 0.2) is 0 Å². The maximum atomic E-state index is 13.6. The van der Waals surface area contributed by atoms with Gasteiger partial charge in [-0.05, 0) is 30.5 Å². The minimum atomic E-state index is -1.33. The van der Waals surface area contributed by atoms with Gasteiger partial charge in [0.25, 0.3) is 5.91 Å². The number of anilines is 1. The number of esters is 1. The minimum Gasteiger partial charge on any atom is -0.469 e. The molecule has 2 saturated heterocycles. The van der Waals surface area contributed by atoms with Crippen LogP contribution in [0.1, 0.15) is 31.2 Å². The number of urea groups is 1. The number of para-hydroxylation sites is 2. The van der Waals surface area contributed by atoms with Crippen molar-refractivity contribution in [3.63, 3.8) is 0 Å². The monoisotopic (exact) mass is 591 g/mol. The van der Waals surface area contributed by atoms with Gasteiger partial charge in [-0.15, -0.1) is 0 Å². The van der Waals surface area contributed by atoms with E-state index in [1.54, 1.807) is 29.2 Å². The molecule has 3 aromatic rings. The zero-order valence-electron chi connectivity index (χ0n) is 23.6. The number of nitrogens with one attached hydrogen (secondary N) is 4. The van der Waals surface area contributed by atoms with E-state index in [0.29, 0.717) is 12.5 Å². The first-order chi connectivity index (χ1) is 20.8. The van der Waals surface area contributed by atoms with Crippen molar-refractivity contribution in [2.45, 2.75) is 44.0 Å². The second-order valence-electron chi connectivity index (χ2n) is 10.3. The minimum absolute atomic E-state index is 0.0423. The lowest BCUT2D eigenvalue weighted by Crippen LogP contribution is -2.57. The Bertz CT molecular complexity index is 1470. The Hall–Kier alpha value is -5.14. The van der Waals surface area contributed by atoms with E-state index in [9.17, 15) is 24.0 Å². The average Bonchev–Trinajstić information content (AvgIpc) is 3.53. The average molecular weight is 592 g/mol. The second kappa shape index (κ2) is 12.8. The van der Waals surface area contributed by atoms with Crippen LogP contribution in [0.2, 0.25) is 0 Å². The lowest BCUT2D eigenvalue weighted by Gasteiger charge is -2.37. The quantitative estimate of drug-likeness (QED) is 0.203. The maximum absolute atomic E-state index is 13.6. The third-order valence-corrected chi connectivity index (χ3v) is 7.58. The van der Waals surface area contributed by atoms with E-state index in [1.165, 1.54) is 7.11 Å². The number of methoxy groups -OCH3 is 1. The van der Waals surface area contributed by atoms with Crippen LogP contribution in [-0.2, 0) is 30.5 Å². The van der Waals surface area contributed by atoms with E-state index >= 15 is 0 Å². The lowest BCUT2D eigenvalue weighted by molar-refractivity contribution is -0.144. The van der Waals surface area contributed by atoms with E-state index in [0.717, 1.165) is 21.5 Å². The van der Waals surface area contributed by atoms with Crippen LogP contribution in [0.15, 0.2) is 54.6 Å². The van der Waals surface area contributed by atoms with Gasteiger partial charge < -0.3 is 30.0 Å². The summed E-state index contributed by atoms with van der Waals surface area (Å²) in [6.07, 6.45) is -2.12. The van der Waals surface area contributed by atoms with Gasteiger partial charge in [0.2, 0.25) is 11.9 Å². The van der Waals surface area contributed by atoms with Crippen LogP contribution in [0, 0.1) is 0 Å². The van der Waals surface area contributed by atoms with Crippen molar-refractivity contribution in [3.8, 4) is 0 Å². The molecule has 226 valence electrons. The third-order valence-electron chi connectivity index (χ3n) is 7.58. The Labute approximate surface area is 247 Å². The molecule has 0 aliphatic carbocycles. The van der Waals surface area contributed by atoms with E-state index in [1.807, 2.05) is 30.3 Å². The van der Waals surface area contributed by atoms with Crippen molar-refractivity contribution in [2.75, 3.05) is 32.1 Å². The molecular formula is C29H33N7O7. The first-order valence-electron chi connectivity index (χ1n) is 13.9. The molecule has 2 fully saturated rings. The Balaban J connectivity index is 1.15. The highest BCUT2D eigenvalue weighted by atomic mass is 16.5. The Morgan fingerprint density at radius 1 is 1.05 bits per heavy atom. The fourth-order valence-corrected chi connectivity index (χ4v) is 5.23. The zero-order valence-corrected chi connectivity index (χ0v) is 23.6. The number of amides is 5. The first kappa shape index (κ1) is 29.4. The van der Waals surface area contributed by atoms with Gasteiger partial charge in [-0.2, -0.15) is 0 Å². The molecule has 1 atom stereocenters. The SMILES string of the molecule is COC(=O)CC(NC(=O)OCc1ccccc1)N1C(=O)NC2(CCN(C(=O)CCNc3nc4ccccc4[nH]3)CC2)C1=O. The highest BCUT2D eigenvalue weighted by Crippen LogP contribution is 2.31. The van der Waals surface area contributed by atoms with Crippen LogP contribution >= 0.6 is 0 Å². The molecule has 14 nitrogen and oxygen atoms in total. The van der Waals surface area contributed by atoms with Gasteiger partial charge >= 0.3 is 18.1 Å². The number of fused-ring (bicyclic) bond motifs is 1. The second-order valence-corrected chi connectivity index (χ2v) is 10.3. The molecule has 0 radical (unpaired) electrons. The topological polar surface area (TPSA) is 175 Å². The molecule has 1 spiro atoms. The predicted molar refractivity (Wildman–Crippen MR) is 153 cm³/mol. The van der Waals surface area contributed by atoms with Gasteiger partial charge in [-0.25, -0.2) is 19.5 Å². The van der Waals surface area contributed by atoms with Gasteiger partial charge in [0.1, 0.15) is 18.3 Å². The first-order valence-corrected chi connectivity index (χ1v) is 13.9. The number of piperidine rings is 1. The number of imidazole rings is 1. The predicted octanol–water partition coefficient (Wildman–Crippen LogP) is 2.09. The van der Waals surface area contributed by atoms with Crippen LogP contribution in [0.3, 0.4) is 0 Å². The van der Waals surface area contributed by atoms with Crippen molar-refractivity contribution < 1.29 is 33.4 Å². The number of alkyl carbamates (subject to hydrolysis) is 1. The highest BCUT2D eigenvalue weighted by Gasteiger charge is 2.55. The molecule has 2 aliphatic heterocycles. The summed E-state index contributed by atoms with van der Waals surface area (Å²) in [5.74, 6) is -0.844. The zero-order chi connectivity index (χ0) is 30.4. The summed E-state index contributed by atoms with van der Waals surface area (Å²) in [5, 5.41) is 8.32. The smallest absolute Gasteiger partial charge is 0.409 e. The number of carbonyl (C=O) groups excluding carboxylic acids is 5. The molecule has 1 aromatic heterocycles. The molecule has 1 unspecified atom stereocenters. The number of carbonyl (C=O) groups is 5. The van der Waals surface area contributed by atoms with Crippen LogP contribution in [0.4, 0.5) is 15.5 Å². The number of hydrogen-bond acceptors (Lipinski definition) is 9. The molecule has 5 amide bonds. The largest absolute Gasteiger partial charge is 0.469 e. The summed E-state index contributed by atoms with van der Waals surface area (Å²) in [7, 11) is 1.17. The molecule has 3 heterocycles. The lowest BCUT2D eigenvalue weighted by atomic mass is 9.87. The van der Waals surface area contributed by atoms with Gasteiger partial charge in [0.05, 0.1) is 24.6 Å². The fraction of sp³-hybridized carbons (Fsp3) is 0.379. The van der Waals surface area contributed by atoms with Crippen molar-refractivity contribution in [1.29, 1.82) is 0 Å². The Morgan fingerprint density at radius 2 is 1.77 bits per heavy atom. The number of likely N-dealkylation sites (tertiary alicyclic amines) is 1. The van der Waals surface area contributed by atoms with Crippen molar-refractivity contribution in [1.82, 2.24) is 30.4 Å². The van der Waals surface area contributed by atoms with Crippen LogP contribution in [0.25, 0.3) is 11.0 Å². The molecule has 4 N–H and O–H groups in total. The van der Waals surface area contributed by atoms with Crippen molar-refractivity contribution in [2.24, 2.45) is 0 Å². The number of aromatic amines is 1. The number of imide groups is 1. The van der Waals surface area contributed by atoms with Gasteiger partial charge in [0, 0.05) is 26.1 Å². The molecule has 2 aliphatic rings.